The Kier molecular flexibility index (Phi) is 14.1. The molecule has 0 aliphatic carbocycles. The van der Waals surface area contributed by atoms with Crippen molar-refractivity contribution < 1.29 is 19.4 Å². The van der Waals surface area contributed by atoms with Crippen LogP contribution in [0.15, 0.2) is 0 Å². The predicted molar refractivity (Wildman–Crippen MR) is 88.9 cm³/mol. The second-order valence-electron chi connectivity index (χ2n) is 6.08. The van der Waals surface area contributed by atoms with Crippen molar-refractivity contribution in [1.82, 2.24) is 0 Å². The highest BCUT2D eigenvalue weighted by Gasteiger charge is 2.17. The Hall–Kier alpha value is -1.06. The van der Waals surface area contributed by atoms with Gasteiger partial charge >= 0.3 is 11.9 Å². The fourth-order valence-corrected chi connectivity index (χ4v) is 2.49. The third-order valence-electron chi connectivity index (χ3n) is 3.81. The zero-order valence-electron chi connectivity index (χ0n) is 14.4. The topological polar surface area (TPSA) is 63.6 Å². The van der Waals surface area contributed by atoms with Crippen molar-refractivity contribution in [3.63, 3.8) is 0 Å². The van der Waals surface area contributed by atoms with E-state index in [2.05, 4.69) is 13.8 Å². The summed E-state index contributed by atoms with van der Waals surface area (Å²) in [5, 5.41) is 8.90. The lowest BCUT2D eigenvalue weighted by atomic mass is 10.1. The van der Waals surface area contributed by atoms with E-state index in [0.29, 0.717) is 12.8 Å². The van der Waals surface area contributed by atoms with Gasteiger partial charge in [-0.2, -0.15) is 0 Å². The van der Waals surface area contributed by atoms with Gasteiger partial charge in [-0.15, -0.1) is 0 Å². The molecular formula is C18H34O4. The van der Waals surface area contributed by atoms with Gasteiger partial charge in [0, 0.05) is 6.42 Å². The molecule has 1 N–H and O–H groups in total. The van der Waals surface area contributed by atoms with Gasteiger partial charge in [-0.05, 0) is 19.3 Å². The highest BCUT2D eigenvalue weighted by molar-refractivity contribution is 5.71. The van der Waals surface area contributed by atoms with Crippen LogP contribution in [0.2, 0.25) is 0 Å². The van der Waals surface area contributed by atoms with Gasteiger partial charge in [-0.1, -0.05) is 65.2 Å². The van der Waals surface area contributed by atoms with Crippen molar-refractivity contribution >= 4 is 11.9 Å². The van der Waals surface area contributed by atoms with Crippen LogP contribution in [-0.2, 0) is 14.3 Å². The van der Waals surface area contributed by atoms with Crippen LogP contribution in [-0.4, -0.2) is 23.1 Å². The van der Waals surface area contributed by atoms with Gasteiger partial charge in [0.1, 0.15) is 6.10 Å². The minimum absolute atomic E-state index is 0.0750. The Morgan fingerprint density at radius 2 is 1.41 bits per heavy atom. The molecule has 0 radical (unpaired) electrons. The second-order valence-corrected chi connectivity index (χ2v) is 6.08. The lowest BCUT2D eigenvalue weighted by Gasteiger charge is -2.16. The molecule has 0 fully saturated rings. The molecule has 1 unspecified atom stereocenters. The molecule has 0 bridgehead atoms. The van der Waals surface area contributed by atoms with Crippen LogP contribution < -0.4 is 0 Å². The van der Waals surface area contributed by atoms with E-state index in [9.17, 15) is 9.59 Å². The molecule has 0 amide bonds. The summed E-state index contributed by atoms with van der Waals surface area (Å²) in [5.74, 6) is -1.13. The molecule has 1 atom stereocenters. The average Bonchev–Trinajstić information content (AvgIpc) is 2.46. The third kappa shape index (κ3) is 13.9. The maximum absolute atomic E-state index is 11.8. The SMILES string of the molecule is CCCCCCCCC(=O)OC(CCCCCC)CC(=O)O. The average molecular weight is 314 g/mol. The highest BCUT2D eigenvalue weighted by Crippen LogP contribution is 2.14. The molecule has 0 rings (SSSR count). The number of ether oxygens (including phenoxy) is 1. The quantitative estimate of drug-likeness (QED) is 0.337. The minimum atomic E-state index is -0.896. The molecule has 4 heteroatoms. The Morgan fingerprint density at radius 1 is 0.864 bits per heavy atom. The fourth-order valence-electron chi connectivity index (χ4n) is 2.49. The molecule has 0 saturated carbocycles. The van der Waals surface area contributed by atoms with E-state index in [1.165, 1.54) is 19.3 Å². The molecule has 0 heterocycles. The van der Waals surface area contributed by atoms with Crippen molar-refractivity contribution in [3.05, 3.63) is 0 Å². The minimum Gasteiger partial charge on any atom is -0.481 e. The normalized spacial score (nSPS) is 12.1. The number of carboxylic acid groups (broad SMARTS) is 1. The van der Waals surface area contributed by atoms with Crippen molar-refractivity contribution in [2.75, 3.05) is 0 Å². The van der Waals surface area contributed by atoms with E-state index in [4.69, 9.17) is 9.84 Å². The number of carbonyl (C=O) groups is 2. The van der Waals surface area contributed by atoms with E-state index >= 15 is 0 Å². The Labute approximate surface area is 135 Å². The Bertz CT molecular complexity index is 289. The smallest absolute Gasteiger partial charge is 0.307 e. The van der Waals surface area contributed by atoms with Crippen LogP contribution in [0, 0.1) is 0 Å². The standard InChI is InChI=1S/C18H34O4/c1-3-5-7-9-10-12-14-18(21)22-16(15-17(19)20)13-11-8-6-4-2/h16H,3-15H2,1-2H3,(H,19,20). The molecule has 0 aromatic carbocycles. The summed E-state index contributed by atoms with van der Waals surface area (Å²) in [7, 11) is 0. The van der Waals surface area contributed by atoms with Crippen molar-refractivity contribution in [1.29, 1.82) is 0 Å². The highest BCUT2D eigenvalue weighted by atomic mass is 16.5. The molecule has 4 nitrogen and oxygen atoms in total. The first-order valence-corrected chi connectivity index (χ1v) is 9.01. The van der Waals surface area contributed by atoms with Gasteiger partial charge in [0.15, 0.2) is 0 Å². The number of hydrogen-bond donors (Lipinski definition) is 1. The first kappa shape index (κ1) is 20.9. The van der Waals surface area contributed by atoms with Crippen LogP contribution in [0.5, 0.6) is 0 Å². The number of aliphatic carboxylic acids is 1. The van der Waals surface area contributed by atoms with E-state index in [1.807, 2.05) is 0 Å². The molecule has 130 valence electrons. The number of hydrogen-bond acceptors (Lipinski definition) is 3. The Balaban J connectivity index is 3.86. The summed E-state index contributed by atoms with van der Waals surface area (Å²) in [6.45, 7) is 4.32. The maximum Gasteiger partial charge on any atom is 0.307 e. The molecular weight excluding hydrogens is 280 g/mol. The first-order chi connectivity index (χ1) is 10.6. The van der Waals surface area contributed by atoms with Crippen LogP contribution >= 0.6 is 0 Å². The van der Waals surface area contributed by atoms with Crippen molar-refractivity contribution in [2.24, 2.45) is 0 Å². The molecule has 0 aliphatic rings. The summed E-state index contributed by atoms with van der Waals surface area (Å²) in [4.78, 5) is 22.6. The lowest BCUT2D eigenvalue weighted by molar-refractivity contribution is -0.153. The molecule has 22 heavy (non-hydrogen) atoms. The zero-order chi connectivity index (χ0) is 16.6. The van der Waals surface area contributed by atoms with E-state index < -0.39 is 12.1 Å². The number of carboxylic acids is 1. The summed E-state index contributed by atoms with van der Waals surface area (Å²) in [6, 6.07) is 0. The van der Waals surface area contributed by atoms with Gasteiger partial charge in [0.25, 0.3) is 0 Å². The molecule has 0 saturated heterocycles. The molecule has 0 spiro atoms. The van der Waals surface area contributed by atoms with Crippen molar-refractivity contribution in [3.8, 4) is 0 Å². The Morgan fingerprint density at radius 3 is 2.00 bits per heavy atom. The lowest BCUT2D eigenvalue weighted by Crippen LogP contribution is -2.21. The molecule has 0 aromatic heterocycles. The van der Waals surface area contributed by atoms with Gasteiger partial charge in [0.05, 0.1) is 6.42 Å². The van der Waals surface area contributed by atoms with Crippen LogP contribution in [0.25, 0.3) is 0 Å². The number of carbonyl (C=O) groups excluding carboxylic acids is 1. The number of rotatable bonds is 15. The van der Waals surface area contributed by atoms with Gasteiger partial charge in [-0.25, -0.2) is 0 Å². The third-order valence-corrected chi connectivity index (χ3v) is 3.81. The van der Waals surface area contributed by atoms with Crippen LogP contribution in [0.1, 0.15) is 97.3 Å². The maximum atomic E-state index is 11.8. The van der Waals surface area contributed by atoms with Gasteiger partial charge in [-0.3, -0.25) is 9.59 Å². The summed E-state index contributed by atoms with van der Waals surface area (Å²) in [6.07, 6.45) is 11.6. The molecule has 0 aromatic rings. The van der Waals surface area contributed by atoms with E-state index in [1.54, 1.807) is 0 Å². The number of esters is 1. The first-order valence-electron chi connectivity index (χ1n) is 9.01. The van der Waals surface area contributed by atoms with E-state index in [-0.39, 0.29) is 12.4 Å². The summed E-state index contributed by atoms with van der Waals surface area (Å²) in [5.41, 5.74) is 0. The molecule has 0 aliphatic heterocycles. The van der Waals surface area contributed by atoms with Crippen molar-refractivity contribution in [2.45, 2.75) is 103 Å². The summed E-state index contributed by atoms with van der Waals surface area (Å²) >= 11 is 0. The zero-order valence-corrected chi connectivity index (χ0v) is 14.4. The monoisotopic (exact) mass is 314 g/mol. The van der Waals surface area contributed by atoms with Gasteiger partial charge < -0.3 is 9.84 Å². The number of unbranched alkanes of at least 4 members (excludes halogenated alkanes) is 8. The van der Waals surface area contributed by atoms with Gasteiger partial charge in [0.2, 0.25) is 0 Å². The summed E-state index contributed by atoms with van der Waals surface area (Å²) < 4.78 is 5.35. The van der Waals surface area contributed by atoms with E-state index in [0.717, 1.165) is 44.9 Å². The largest absolute Gasteiger partial charge is 0.481 e. The second kappa shape index (κ2) is 14.9. The van der Waals surface area contributed by atoms with Crippen LogP contribution in [0.3, 0.4) is 0 Å². The van der Waals surface area contributed by atoms with Crippen LogP contribution in [0.4, 0.5) is 0 Å². The predicted octanol–water partition coefficient (Wildman–Crippen LogP) is 5.09. The fraction of sp³-hybridized carbons (Fsp3) is 0.889.